The van der Waals surface area contributed by atoms with Crippen LogP contribution in [0.2, 0.25) is 0 Å². The van der Waals surface area contributed by atoms with Crippen molar-refractivity contribution in [2.24, 2.45) is 5.41 Å². The van der Waals surface area contributed by atoms with Crippen molar-refractivity contribution in [3.63, 3.8) is 0 Å². The Balaban J connectivity index is 1.60. The highest BCUT2D eigenvalue weighted by atomic mass is 19.1. The number of nitrogens with zero attached hydrogens (tertiary/aromatic N) is 4. The van der Waals surface area contributed by atoms with E-state index in [1.54, 1.807) is 12.1 Å². The highest BCUT2D eigenvalue weighted by Crippen LogP contribution is 2.49. The van der Waals surface area contributed by atoms with Crippen molar-refractivity contribution in [3.8, 4) is 11.4 Å². The van der Waals surface area contributed by atoms with Crippen LogP contribution in [0.15, 0.2) is 28.8 Å². The van der Waals surface area contributed by atoms with Gasteiger partial charge in [0.2, 0.25) is 17.6 Å². The molecule has 2 aromatic rings. The molecule has 1 amide bonds. The second-order valence-corrected chi connectivity index (χ2v) is 8.00. The zero-order chi connectivity index (χ0) is 19.7. The summed E-state index contributed by atoms with van der Waals surface area (Å²) in [7, 11) is 3.78. The molecule has 1 atom stereocenters. The average molecular weight is 388 g/mol. The average Bonchev–Trinajstić information content (AvgIpc) is 3.28. The second-order valence-electron chi connectivity index (χ2n) is 8.00. The second kappa shape index (κ2) is 7.60. The molecule has 28 heavy (non-hydrogen) atoms. The summed E-state index contributed by atoms with van der Waals surface area (Å²) < 4.78 is 24.4. The Morgan fingerprint density at radius 3 is 2.68 bits per heavy atom. The Morgan fingerprint density at radius 2 is 2.00 bits per heavy atom. The Labute approximate surface area is 163 Å². The lowest BCUT2D eigenvalue weighted by molar-refractivity contribution is -0.131. The molecule has 0 radical (unpaired) electrons. The van der Waals surface area contributed by atoms with Crippen molar-refractivity contribution < 1.29 is 18.4 Å². The van der Waals surface area contributed by atoms with E-state index >= 15 is 0 Å². The van der Waals surface area contributed by atoms with E-state index in [4.69, 9.17) is 9.26 Å². The van der Waals surface area contributed by atoms with Crippen molar-refractivity contribution in [2.75, 3.05) is 46.9 Å². The van der Waals surface area contributed by atoms with Gasteiger partial charge in [-0.15, -0.1) is 0 Å². The predicted octanol–water partition coefficient (Wildman–Crippen LogP) is 2.16. The maximum atomic E-state index is 13.2. The van der Waals surface area contributed by atoms with Crippen LogP contribution in [0, 0.1) is 11.2 Å². The van der Waals surface area contributed by atoms with E-state index in [0.29, 0.717) is 50.1 Å². The maximum Gasteiger partial charge on any atom is 0.236 e. The molecule has 4 rings (SSSR count). The molecule has 1 unspecified atom stereocenters. The summed E-state index contributed by atoms with van der Waals surface area (Å²) in [6.45, 7) is 2.97. The summed E-state index contributed by atoms with van der Waals surface area (Å²) in [5, 5.41) is 4.11. The third-order valence-corrected chi connectivity index (χ3v) is 5.78. The van der Waals surface area contributed by atoms with Gasteiger partial charge in [-0.05, 0) is 51.2 Å². The normalized spacial score (nSPS) is 21.6. The third-order valence-electron chi connectivity index (χ3n) is 5.78. The van der Waals surface area contributed by atoms with Crippen LogP contribution in [0.3, 0.4) is 0 Å². The van der Waals surface area contributed by atoms with Crippen LogP contribution in [0.4, 0.5) is 4.39 Å². The minimum absolute atomic E-state index is 0.0239. The predicted molar refractivity (Wildman–Crippen MR) is 100 cm³/mol. The molecule has 2 fully saturated rings. The fourth-order valence-corrected chi connectivity index (χ4v) is 4.25. The standard InChI is InChI=1S/C20H25FN4O3/c1-24(2)12-17(26)25-11-16(20(13-25)7-9-27-10-8-20)19-22-18(23-28-19)14-3-5-15(21)6-4-14/h3-6,16H,7-13H2,1-2H3. The molecule has 8 heteroatoms. The highest BCUT2D eigenvalue weighted by Gasteiger charge is 2.51. The molecule has 2 aliphatic rings. The molecule has 3 heterocycles. The number of halogens is 1. The molecule has 1 aromatic carbocycles. The van der Waals surface area contributed by atoms with Crippen LogP contribution in [-0.4, -0.2) is 72.8 Å². The van der Waals surface area contributed by atoms with Crippen molar-refractivity contribution in [1.82, 2.24) is 19.9 Å². The summed E-state index contributed by atoms with van der Waals surface area (Å²) in [5.41, 5.74) is 0.600. The van der Waals surface area contributed by atoms with Crippen LogP contribution in [0.5, 0.6) is 0 Å². The van der Waals surface area contributed by atoms with Gasteiger partial charge in [0.1, 0.15) is 5.82 Å². The van der Waals surface area contributed by atoms with Gasteiger partial charge in [-0.3, -0.25) is 4.79 Å². The van der Waals surface area contributed by atoms with Crippen LogP contribution < -0.4 is 0 Å². The molecular formula is C20H25FN4O3. The maximum absolute atomic E-state index is 13.2. The van der Waals surface area contributed by atoms with Gasteiger partial charge in [0.15, 0.2) is 0 Å². The van der Waals surface area contributed by atoms with E-state index in [2.05, 4.69) is 10.1 Å². The number of amides is 1. The van der Waals surface area contributed by atoms with E-state index in [-0.39, 0.29) is 23.1 Å². The first-order valence-corrected chi connectivity index (χ1v) is 9.57. The number of aromatic nitrogens is 2. The van der Waals surface area contributed by atoms with Gasteiger partial charge in [-0.2, -0.15) is 4.98 Å². The Hall–Kier alpha value is -2.32. The number of benzene rings is 1. The summed E-state index contributed by atoms with van der Waals surface area (Å²) in [5.74, 6) is 0.761. The Morgan fingerprint density at radius 1 is 1.29 bits per heavy atom. The molecule has 0 aliphatic carbocycles. The molecule has 2 aliphatic heterocycles. The quantitative estimate of drug-likeness (QED) is 0.799. The number of likely N-dealkylation sites (N-methyl/N-ethyl adjacent to an activating group) is 1. The number of carbonyl (C=O) groups is 1. The molecule has 0 bridgehead atoms. The SMILES string of the molecule is CN(C)CC(=O)N1CC(c2nc(-c3ccc(F)cc3)no2)C2(CCOCC2)C1. The van der Waals surface area contributed by atoms with Gasteiger partial charge >= 0.3 is 0 Å². The first-order chi connectivity index (χ1) is 13.5. The van der Waals surface area contributed by atoms with E-state index in [0.717, 1.165) is 12.8 Å². The molecule has 150 valence electrons. The monoisotopic (exact) mass is 388 g/mol. The number of hydrogen-bond acceptors (Lipinski definition) is 6. The van der Waals surface area contributed by atoms with Gasteiger partial charge in [0, 0.05) is 37.3 Å². The minimum atomic E-state index is -0.306. The number of likely N-dealkylation sites (tertiary alicyclic amines) is 1. The van der Waals surface area contributed by atoms with Gasteiger partial charge in [0.05, 0.1) is 12.5 Å². The largest absolute Gasteiger partial charge is 0.381 e. The van der Waals surface area contributed by atoms with E-state index in [9.17, 15) is 9.18 Å². The minimum Gasteiger partial charge on any atom is -0.381 e. The lowest BCUT2D eigenvalue weighted by Gasteiger charge is -2.36. The van der Waals surface area contributed by atoms with Crippen LogP contribution in [-0.2, 0) is 9.53 Å². The lowest BCUT2D eigenvalue weighted by Crippen LogP contribution is -2.39. The van der Waals surface area contributed by atoms with Crippen LogP contribution in [0.25, 0.3) is 11.4 Å². The van der Waals surface area contributed by atoms with Crippen molar-refractivity contribution in [2.45, 2.75) is 18.8 Å². The summed E-state index contributed by atoms with van der Waals surface area (Å²) in [6, 6.07) is 6.02. The van der Waals surface area contributed by atoms with E-state index in [1.165, 1.54) is 12.1 Å². The van der Waals surface area contributed by atoms with Gasteiger partial charge < -0.3 is 19.1 Å². The topological polar surface area (TPSA) is 71.7 Å². The Bertz CT molecular complexity index is 830. The molecule has 1 aromatic heterocycles. The van der Waals surface area contributed by atoms with Gasteiger partial charge in [-0.25, -0.2) is 4.39 Å². The number of ether oxygens (including phenoxy) is 1. The van der Waals surface area contributed by atoms with Crippen molar-refractivity contribution in [3.05, 3.63) is 36.0 Å². The summed E-state index contributed by atoms with van der Waals surface area (Å²) >= 11 is 0. The first-order valence-electron chi connectivity index (χ1n) is 9.57. The van der Waals surface area contributed by atoms with Crippen molar-refractivity contribution in [1.29, 1.82) is 0 Å². The zero-order valence-electron chi connectivity index (χ0n) is 16.2. The van der Waals surface area contributed by atoms with E-state index < -0.39 is 0 Å². The molecule has 7 nitrogen and oxygen atoms in total. The summed E-state index contributed by atoms with van der Waals surface area (Å²) in [4.78, 5) is 21.1. The number of hydrogen-bond donors (Lipinski definition) is 0. The van der Waals surface area contributed by atoms with Crippen molar-refractivity contribution >= 4 is 5.91 Å². The van der Waals surface area contributed by atoms with Gasteiger partial charge in [0.25, 0.3) is 0 Å². The van der Waals surface area contributed by atoms with Crippen LogP contribution in [0.1, 0.15) is 24.7 Å². The molecular weight excluding hydrogens is 363 g/mol. The fourth-order valence-electron chi connectivity index (χ4n) is 4.25. The lowest BCUT2D eigenvalue weighted by atomic mass is 9.72. The molecule has 0 N–H and O–H groups in total. The Kier molecular flexibility index (Phi) is 5.16. The summed E-state index contributed by atoms with van der Waals surface area (Å²) in [6.07, 6.45) is 1.72. The number of carbonyl (C=O) groups excluding carboxylic acids is 1. The molecule has 0 saturated carbocycles. The highest BCUT2D eigenvalue weighted by molar-refractivity contribution is 5.78. The third kappa shape index (κ3) is 3.66. The molecule has 2 saturated heterocycles. The first kappa shape index (κ1) is 19.0. The van der Waals surface area contributed by atoms with Crippen LogP contribution >= 0.6 is 0 Å². The zero-order valence-corrected chi connectivity index (χ0v) is 16.2. The number of rotatable bonds is 4. The molecule has 1 spiro atoms. The smallest absolute Gasteiger partial charge is 0.236 e. The fraction of sp³-hybridized carbons (Fsp3) is 0.550. The van der Waals surface area contributed by atoms with E-state index in [1.807, 2.05) is 23.9 Å². The van der Waals surface area contributed by atoms with Gasteiger partial charge in [-0.1, -0.05) is 5.16 Å².